The number of pyridine rings is 1. The van der Waals surface area contributed by atoms with Crippen LogP contribution in [0.5, 0.6) is 0 Å². The molecule has 1 amide bonds. The molecular formula is C28H30N6O. The maximum Gasteiger partial charge on any atom is 0.269 e. The lowest BCUT2D eigenvalue weighted by atomic mass is 10.0. The van der Waals surface area contributed by atoms with E-state index >= 15 is 0 Å². The molecule has 0 spiro atoms. The van der Waals surface area contributed by atoms with Gasteiger partial charge in [-0.15, -0.1) is 0 Å². The van der Waals surface area contributed by atoms with Crippen molar-refractivity contribution in [3.8, 4) is 16.9 Å². The second kappa shape index (κ2) is 10.2. The Hall–Kier alpha value is -3.81. The highest BCUT2D eigenvalue weighted by molar-refractivity contribution is 5.90. The van der Waals surface area contributed by atoms with Gasteiger partial charge in [-0.05, 0) is 54.3 Å². The van der Waals surface area contributed by atoms with Crippen LogP contribution in [0, 0.1) is 6.92 Å². The molecule has 178 valence electrons. The van der Waals surface area contributed by atoms with Gasteiger partial charge in [-0.1, -0.05) is 42.5 Å². The third-order valence-corrected chi connectivity index (χ3v) is 6.42. The summed E-state index contributed by atoms with van der Waals surface area (Å²) < 4.78 is 1.74. The molecule has 2 aromatic heterocycles. The zero-order valence-electron chi connectivity index (χ0n) is 19.9. The molecular weight excluding hydrogens is 436 g/mol. The number of nitrogens with zero attached hydrogens (tertiary/aromatic N) is 4. The molecule has 1 aliphatic rings. The summed E-state index contributed by atoms with van der Waals surface area (Å²) >= 11 is 0. The van der Waals surface area contributed by atoms with Crippen molar-refractivity contribution in [1.29, 1.82) is 0 Å². The number of carbonyl (C=O) groups is 1. The van der Waals surface area contributed by atoms with E-state index in [-0.39, 0.29) is 5.69 Å². The second-order valence-electron chi connectivity index (χ2n) is 9.06. The normalized spacial score (nSPS) is 14.2. The average Bonchev–Trinajstić information content (AvgIpc) is 3.28. The van der Waals surface area contributed by atoms with Crippen LogP contribution in [-0.4, -0.2) is 51.8 Å². The highest BCUT2D eigenvalue weighted by Gasteiger charge is 2.11. The first kappa shape index (κ1) is 23.0. The van der Waals surface area contributed by atoms with E-state index in [9.17, 15) is 4.79 Å². The lowest BCUT2D eigenvalue weighted by Gasteiger charge is -2.27. The van der Waals surface area contributed by atoms with E-state index in [0.717, 1.165) is 61.8 Å². The first-order valence-corrected chi connectivity index (χ1v) is 12.0. The van der Waals surface area contributed by atoms with E-state index in [4.69, 9.17) is 10.7 Å². The maximum absolute atomic E-state index is 11.4. The molecule has 0 bridgehead atoms. The molecule has 0 unspecified atom stereocenters. The van der Waals surface area contributed by atoms with Crippen LogP contribution in [-0.2, 0) is 13.0 Å². The van der Waals surface area contributed by atoms with Gasteiger partial charge in [0.05, 0.1) is 11.4 Å². The number of benzene rings is 2. The minimum atomic E-state index is -0.520. The third-order valence-electron chi connectivity index (χ3n) is 6.42. The van der Waals surface area contributed by atoms with Gasteiger partial charge in [0.1, 0.15) is 0 Å². The van der Waals surface area contributed by atoms with Crippen molar-refractivity contribution in [3.63, 3.8) is 0 Å². The van der Waals surface area contributed by atoms with Gasteiger partial charge in [0.25, 0.3) is 5.91 Å². The van der Waals surface area contributed by atoms with Gasteiger partial charge in [-0.2, -0.15) is 5.10 Å². The number of amides is 1. The van der Waals surface area contributed by atoms with E-state index in [1.165, 1.54) is 16.7 Å². The number of piperazine rings is 1. The van der Waals surface area contributed by atoms with Crippen molar-refractivity contribution in [2.75, 3.05) is 26.2 Å². The minimum Gasteiger partial charge on any atom is -0.364 e. The summed E-state index contributed by atoms with van der Waals surface area (Å²) in [4.78, 5) is 18.6. The van der Waals surface area contributed by atoms with E-state index in [1.807, 2.05) is 25.3 Å². The van der Waals surface area contributed by atoms with Crippen molar-refractivity contribution >= 4 is 5.91 Å². The quantitative estimate of drug-likeness (QED) is 0.436. The van der Waals surface area contributed by atoms with Gasteiger partial charge in [0.2, 0.25) is 0 Å². The summed E-state index contributed by atoms with van der Waals surface area (Å²) in [6, 6.07) is 22.8. The summed E-state index contributed by atoms with van der Waals surface area (Å²) in [6.45, 7) is 7.16. The molecule has 4 aromatic rings. The Bertz CT molecular complexity index is 1290. The first-order chi connectivity index (χ1) is 17.0. The summed E-state index contributed by atoms with van der Waals surface area (Å²) in [5.41, 5.74) is 13.2. The minimum absolute atomic E-state index is 0.273. The Labute approximate surface area is 205 Å². The molecule has 1 saturated heterocycles. The zero-order chi connectivity index (χ0) is 24.2. The van der Waals surface area contributed by atoms with Crippen LogP contribution in [0.4, 0.5) is 0 Å². The highest BCUT2D eigenvalue weighted by atomic mass is 16.1. The molecule has 7 heteroatoms. The molecule has 3 heterocycles. The van der Waals surface area contributed by atoms with Crippen LogP contribution >= 0.6 is 0 Å². The number of hydrogen-bond acceptors (Lipinski definition) is 5. The van der Waals surface area contributed by atoms with Gasteiger partial charge in [0.15, 0.2) is 5.69 Å². The molecule has 0 aliphatic carbocycles. The SMILES string of the molecule is Cc1cc(C(N)=O)nn1-c1ccc(Cc2ccc(-c3ccc(CN4CCNCC4)cn3)cc2)cc1. The molecule has 5 rings (SSSR count). The Kier molecular flexibility index (Phi) is 6.70. The molecule has 2 aromatic carbocycles. The number of hydrogen-bond donors (Lipinski definition) is 2. The van der Waals surface area contributed by atoms with Gasteiger partial charge >= 0.3 is 0 Å². The lowest BCUT2D eigenvalue weighted by Crippen LogP contribution is -2.42. The largest absolute Gasteiger partial charge is 0.364 e. The number of carbonyl (C=O) groups excluding carboxylic acids is 1. The number of rotatable bonds is 7. The Morgan fingerprint density at radius 3 is 2.20 bits per heavy atom. The number of nitrogens with two attached hydrogens (primary N) is 1. The molecule has 0 saturated carbocycles. The summed E-state index contributed by atoms with van der Waals surface area (Å²) in [6.07, 6.45) is 2.84. The first-order valence-electron chi connectivity index (χ1n) is 12.0. The summed E-state index contributed by atoms with van der Waals surface area (Å²) in [5.74, 6) is -0.520. The van der Waals surface area contributed by atoms with Gasteiger partial charge < -0.3 is 11.1 Å². The molecule has 1 fully saturated rings. The van der Waals surface area contributed by atoms with E-state index in [1.54, 1.807) is 10.7 Å². The Morgan fingerprint density at radius 2 is 1.60 bits per heavy atom. The summed E-state index contributed by atoms with van der Waals surface area (Å²) in [5, 5.41) is 7.69. The number of aryl methyl sites for hydroxylation is 1. The molecule has 1 aliphatic heterocycles. The second-order valence-corrected chi connectivity index (χ2v) is 9.06. The topological polar surface area (TPSA) is 89.1 Å². The van der Waals surface area contributed by atoms with Crippen LogP contribution in [0.3, 0.4) is 0 Å². The Morgan fingerprint density at radius 1 is 0.943 bits per heavy atom. The zero-order valence-corrected chi connectivity index (χ0v) is 19.9. The van der Waals surface area contributed by atoms with E-state index in [2.05, 4.69) is 63.8 Å². The van der Waals surface area contributed by atoms with Crippen molar-refractivity contribution in [1.82, 2.24) is 25.0 Å². The highest BCUT2D eigenvalue weighted by Crippen LogP contribution is 2.21. The molecule has 0 radical (unpaired) electrons. The number of aromatic nitrogens is 3. The van der Waals surface area contributed by atoms with Crippen LogP contribution in [0.2, 0.25) is 0 Å². The van der Waals surface area contributed by atoms with Gasteiger partial charge in [-0.3, -0.25) is 14.7 Å². The van der Waals surface area contributed by atoms with Crippen molar-refractivity contribution in [2.24, 2.45) is 5.73 Å². The van der Waals surface area contributed by atoms with Crippen molar-refractivity contribution in [3.05, 3.63) is 101 Å². The van der Waals surface area contributed by atoms with Crippen molar-refractivity contribution < 1.29 is 4.79 Å². The van der Waals surface area contributed by atoms with Gasteiger partial charge in [-0.25, -0.2) is 4.68 Å². The van der Waals surface area contributed by atoms with E-state index < -0.39 is 5.91 Å². The monoisotopic (exact) mass is 466 g/mol. The number of nitrogens with one attached hydrogen (secondary N) is 1. The Balaban J connectivity index is 1.22. The average molecular weight is 467 g/mol. The van der Waals surface area contributed by atoms with Crippen molar-refractivity contribution in [2.45, 2.75) is 19.9 Å². The maximum atomic E-state index is 11.4. The van der Waals surface area contributed by atoms with Crippen LogP contribution < -0.4 is 11.1 Å². The van der Waals surface area contributed by atoms with Crippen LogP contribution in [0.25, 0.3) is 16.9 Å². The number of primary amides is 1. The van der Waals surface area contributed by atoms with Gasteiger partial charge in [0, 0.05) is 50.2 Å². The van der Waals surface area contributed by atoms with Crippen LogP contribution in [0.1, 0.15) is 32.9 Å². The third kappa shape index (κ3) is 5.48. The smallest absolute Gasteiger partial charge is 0.269 e. The fourth-order valence-corrected chi connectivity index (χ4v) is 4.46. The standard InChI is InChI=1S/C28H30N6O/c1-20-16-27(28(29)35)32-34(20)25-9-4-22(5-10-25)17-21-2-7-24(8-3-21)26-11-6-23(18-31-26)19-33-14-12-30-13-15-33/h2-11,16,18,30H,12-15,17,19H2,1H3,(H2,29,35). The van der Waals surface area contributed by atoms with Crippen LogP contribution in [0.15, 0.2) is 72.9 Å². The molecule has 3 N–H and O–H groups in total. The molecule has 0 atom stereocenters. The lowest BCUT2D eigenvalue weighted by molar-refractivity contribution is 0.0995. The fraction of sp³-hybridized carbons (Fsp3) is 0.250. The molecule has 35 heavy (non-hydrogen) atoms. The predicted octanol–water partition coefficient (Wildman–Crippen LogP) is 3.34. The predicted molar refractivity (Wildman–Crippen MR) is 137 cm³/mol. The van der Waals surface area contributed by atoms with E-state index in [0.29, 0.717) is 0 Å². The summed E-state index contributed by atoms with van der Waals surface area (Å²) in [7, 11) is 0. The fourth-order valence-electron chi connectivity index (χ4n) is 4.46. The molecule has 7 nitrogen and oxygen atoms in total.